The SMILES string of the molecule is NCC1CCCCC1Oc1ncnc2c1CCC2. The summed E-state index contributed by atoms with van der Waals surface area (Å²) in [5, 5.41) is 0. The van der Waals surface area contributed by atoms with Crippen molar-refractivity contribution in [1.29, 1.82) is 0 Å². The van der Waals surface area contributed by atoms with E-state index < -0.39 is 0 Å². The Bertz CT molecular complexity index is 422. The minimum absolute atomic E-state index is 0.253. The minimum Gasteiger partial charge on any atom is -0.474 e. The Balaban J connectivity index is 1.77. The van der Waals surface area contributed by atoms with Gasteiger partial charge in [-0.3, -0.25) is 0 Å². The number of nitrogens with two attached hydrogens (primary N) is 1. The largest absolute Gasteiger partial charge is 0.474 e. The van der Waals surface area contributed by atoms with Crippen molar-refractivity contribution in [2.75, 3.05) is 6.54 Å². The highest BCUT2D eigenvalue weighted by molar-refractivity contribution is 5.33. The topological polar surface area (TPSA) is 61.0 Å². The second-order valence-corrected chi connectivity index (χ2v) is 5.39. The van der Waals surface area contributed by atoms with Crippen LogP contribution in [0, 0.1) is 5.92 Å². The number of ether oxygens (including phenoxy) is 1. The van der Waals surface area contributed by atoms with E-state index in [2.05, 4.69) is 9.97 Å². The van der Waals surface area contributed by atoms with E-state index in [1.54, 1.807) is 6.33 Å². The number of hydrogen-bond acceptors (Lipinski definition) is 4. The summed E-state index contributed by atoms with van der Waals surface area (Å²) in [6.07, 6.45) is 10.0. The molecule has 0 bridgehead atoms. The summed E-state index contributed by atoms with van der Waals surface area (Å²) < 4.78 is 6.17. The lowest BCUT2D eigenvalue weighted by molar-refractivity contribution is 0.0911. The van der Waals surface area contributed by atoms with Crippen molar-refractivity contribution in [3.63, 3.8) is 0 Å². The minimum atomic E-state index is 0.253. The van der Waals surface area contributed by atoms with Gasteiger partial charge in [-0.1, -0.05) is 6.42 Å². The van der Waals surface area contributed by atoms with Crippen LogP contribution in [0.4, 0.5) is 0 Å². The predicted octanol–water partition coefficient (Wildman–Crippen LogP) is 1.86. The van der Waals surface area contributed by atoms with Gasteiger partial charge in [-0.15, -0.1) is 0 Å². The highest BCUT2D eigenvalue weighted by Crippen LogP contribution is 2.31. The molecular weight excluding hydrogens is 226 g/mol. The lowest BCUT2D eigenvalue weighted by Gasteiger charge is -2.31. The van der Waals surface area contributed by atoms with Crippen molar-refractivity contribution in [2.45, 2.75) is 51.0 Å². The Morgan fingerprint density at radius 3 is 2.94 bits per heavy atom. The van der Waals surface area contributed by atoms with Crippen molar-refractivity contribution in [3.05, 3.63) is 17.6 Å². The molecule has 0 aliphatic heterocycles. The predicted molar refractivity (Wildman–Crippen MR) is 69.5 cm³/mol. The van der Waals surface area contributed by atoms with Gasteiger partial charge < -0.3 is 10.5 Å². The summed E-state index contributed by atoms with van der Waals surface area (Å²) in [6, 6.07) is 0. The van der Waals surface area contributed by atoms with E-state index in [1.165, 1.54) is 36.9 Å². The second-order valence-electron chi connectivity index (χ2n) is 5.39. The molecule has 1 aromatic rings. The first-order valence-corrected chi connectivity index (χ1v) is 7.08. The maximum absolute atomic E-state index is 6.17. The fraction of sp³-hybridized carbons (Fsp3) is 0.714. The average molecular weight is 247 g/mol. The molecule has 4 heteroatoms. The number of aryl methyl sites for hydroxylation is 1. The monoisotopic (exact) mass is 247 g/mol. The lowest BCUT2D eigenvalue weighted by atomic mass is 9.86. The van der Waals surface area contributed by atoms with E-state index in [9.17, 15) is 0 Å². The molecule has 1 heterocycles. The second kappa shape index (κ2) is 5.22. The van der Waals surface area contributed by atoms with Crippen molar-refractivity contribution in [3.8, 4) is 5.88 Å². The first kappa shape index (κ1) is 11.9. The number of nitrogens with zero attached hydrogens (tertiary/aromatic N) is 2. The van der Waals surface area contributed by atoms with Gasteiger partial charge in [-0.05, 0) is 45.1 Å². The van der Waals surface area contributed by atoms with Gasteiger partial charge in [0.1, 0.15) is 12.4 Å². The van der Waals surface area contributed by atoms with Crippen LogP contribution in [0.15, 0.2) is 6.33 Å². The fourth-order valence-corrected chi connectivity index (χ4v) is 3.17. The van der Waals surface area contributed by atoms with Crippen LogP contribution >= 0.6 is 0 Å². The molecule has 2 N–H and O–H groups in total. The molecule has 1 fully saturated rings. The molecule has 0 radical (unpaired) electrons. The summed E-state index contributed by atoms with van der Waals surface area (Å²) in [5.74, 6) is 1.31. The summed E-state index contributed by atoms with van der Waals surface area (Å²) in [4.78, 5) is 8.68. The molecule has 1 saturated carbocycles. The average Bonchev–Trinajstić information content (AvgIpc) is 2.89. The molecule has 0 amide bonds. The molecule has 18 heavy (non-hydrogen) atoms. The highest BCUT2D eigenvalue weighted by Gasteiger charge is 2.28. The number of aromatic nitrogens is 2. The zero-order valence-electron chi connectivity index (χ0n) is 10.8. The van der Waals surface area contributed by atoms with E-state index in [1.807, 2.05) is 0 Å². The third-order valence-electron chi connectivity index (χ3n) is 4.24. The van der Waals surface area contributed by atoms with Crippen molar-refractivity contribution in [1.82, 2.24) is 9.97 Å². The Labute approximate surface area is 108 Å². The Kier molecular flexibility index (Phi) is 3.46. The summed E-state index contributed by atoms with van der Waals surface area (Å²) in [7, 11) is 0. The lowest BCUT2D eigenvalue weighted by Crippen LogP contribution is -2.35. The van der Waals surface area contributed by atoms with E-state index in [0.717, 1.165) is 31.7 Å². The van der Waals surface area contributed by atoms with Crippen LogP contribution in [0.2, 0.25) is 0 Å². The molecule has 2 aliphatic rings. The van der Waals surface area contributed by atoms with Gasteiger partial charge in [0.15, 0.2) is 0 Å². The highest BCUT2D eigenvalue weighted by atomic mass is 16.5. The van der Waals surface area contributed by atoms with E-state index >= 15 is 0 Å². The van der Waals surface area contributed by atoms with Crippen molar-refractivity contribution in [2.24, 2.45) is 11.7 Å². The Morgan fingerprint density at radius 1 is 1.17 bits per heavy atom. The smallest absolute Gasteiger partial charge is 0.220 e. The third-order valence-corrected chi connectivity index (χ3v) is 4.24. The summed E-state index contributed by atoms with van der Waals surface area (Å²) >= 11 is 0. The van der Waals surface area contributed by atoms with E-state index in [0.29, 0.717) is 5.92 Å². The quantitative estimate of drug-likeness (QED) is 0.885. The van der Waals surface area contributed by atoms with Crippen LogP contribution in [0.3, 0.4) is 0 Å². The van der Waals surface area contributed by atoms with Gasteiger partial charge in [0.2, 0.25) is 5.88 Å². The van der Waals surface area contributed by atoms with Crippen LogP contribution in [0.25, 0.3) is 0 Å². The number of hydrogen-bond donors (Lipinski definition) is 1. The molecule has 3 rings (SSSR count). The first-order valence-electron chi connectivity index (χ1n) is 7.08. The molecule has 2 atom stereocenters. The van der Waals surface area contributed by atoms with Gasteiger partial charge in [0, 0.05) is 11.5 Å². The standard InChI is InChI=1S/C14H21N3O/c15-8-10-4-1-2-7-13(10)18-14-11-5-3-6-12(11)16-9-17-14/h9-10,13H,1-8,15H2. The molecule has 0 spiro atoms. The summed E-state index contributed by atoms with van der Waals surface area (Å²) in [5.41, 5.74) is 8.26. The van der Waals surface area contributed by atoms with Crippen LogP contribution in [-0.4, -0.2) is 22.6 Å². The van der Waals surface area contributed by atoms with Gasteiger partial charge in [0.05, 0.1) is 5.69 Å². The van der Waals surface area contributed by atoms with Gasteiger partial charge in [0.25, 0.3) is 0 Å². The van der Waals surface area contributed by atoms with Gasteiger partial charge in [-0.2, -0.15) is 0 Å². The zero-order valence-corrected chi connectivity index (χ0v) is 10.8. The maximum atomic E-state index is 6.17. The van der Waals surface area contributed by atoms with Crippen LogP contribution < -0.4 is 10.5 Å². The van der Waals surface area contributed by atoms with Crippen molar-refractivity contribution < 1.29 is 4.74 Å². The molecule has 1 aromatic heterocycles. The molecule has 0 aromatic carbocycles. The first-order chi connectivity index (χ1) is 8.88. The van der Waals surface area contributed by atoms with Gasteiger partial charge >= 0.3 is 0 Å². The molecule has 98 valence electrons. The third kappa shape index (κ3) is 2.21. The van der Waals surface area contributed by atoms with Crippen LogP contribution in [0.5, 0.6) is 5.88 Å². The van der Waals surface area contributed by atoms with Crippen molar-refractivity contribution >= 4 is 0 Å². The Morgan fingerprint density at radius 2 is 2.06 bits per heavy atom. The molecule has 4 nitrogen and oxygen atoms in total. The maximum Gasteiger partial charge on any atom is 0.220 e. The van der Waals surface area contributed by atoms with Crippen LogP contribution in [-0.2, 0) is 12.8 Å². The molecule has 2 unspecified atom stereocenters. The molecule has 0 saturated heterocycles. The number of rotatable bonds is 3. The normalized spacial score (nSPS) is 26.9. The van der Waals surface area contributed by atoms with E-state index in [-0.39, 0.29) is 6.10 Å². The van der Waals surface area contributed by atoms with Crippen LogP contribution in [0.1, 0.15) is 43.4 Å². The van der Waals surface area contributed by atoms with E-state index in [4.69, 9.17) is 10.5 Å². The fourth-order valence-electron chi connectivity index (χ4n) is 3.17. The summed E-state index contributed by atoms with van der Waals surface area (Å²) in [6.45, 7) is 0.720. The van der Waals surface area contributed by atoms with Gasteiger partial charge in [-0.25, -0.2) is 9.97 Å². The number of fused-ring (bicyclic) bond motifs is 1. The molecular formula is C14H21N3O. The zero-order chi connectivity index (χ0) is 12.4. The molecule has 2 aliphatic carbocycles. The Hall–Kier alpha value is -1.16.